The van der Waals surface area contributed by atoms with Crippen LogP contribution >= 0.6 is 22.7 Å². The van der Waals surface area contributed by atoms with Gasteiger partial charge in [-0.15, -0.1) is 0 Å². The molecule has 11 heteroatoms. The molecule has 3 rings (SSSR count). The molecule has 1 aromatic carbocycles. The smallest absolute Gasteiger partial charge is 0.422 e. The Morgan fingerprint density at radius 2 is 2.04 bits per heavy atom. The number of halogens is 3. The quantitative estimate of drug-likeness (QED) is 0.638. The molecule has 0 unspecified atom stereocenters. The maximum atomic E-state index is 12.2. The molecular weight excluding hydrogens is 415 g/mol. The molecule has 0 aliphatic heterocycles. The number of aromatic nitrogens is 2. The number of carbonyl (C=O) groups excluding carboxylic acids is 1. The van der Waals surface area contributed by atoms with Crippen LogP contribution in [0.15, 0.2) is 23.0 Å². The first-order valence-electron chi connectivity index (χ1n) is 8.19. The van der Waals surface area contributed by atoms with Crippen molar-refractivity contribution < 1.29 is 22.7 Å². The van der Waals surface area contributed by atoms with Crippen LogP contribution in [0.4, 0.5) is 18.3 Å². The summed E-state index contributed by atoms with van der Waals surface area (Å²) in [6.45, 7) is 2.58. The fraction of sp³-hybridized carbons (Fsp3) is 0.353. The van der Waals surface area contributed by atoms with Crippen LogP contribution < -0.4 is 14.9 Å². The molecule has 1 amide bonds. The van der Waals surface area contributed by atoms with Gasteiger partial charge in [0.15, 0.2) is 11.7 Å². The first-order valence-corrected chi connectivity index (χ1v) is 9.82. The summed E-state index contributed by atoms with van der Waals surface area (Å²) < 4.78 is 43.6. The molecule has 2 aromatic heterocycles. The van der Waals surface area contributed by atoms with Crippen LogP contribution in [0.2, 0.25) is 0 Å². The van der Waals surface area contributed by atoms with Crippen LogP contribution in [-0.4, -0.2) is 28.2 Å². The average Bonchev–Trinajstić information content (AvgIpc) is 3.10. The molecule has 0 spiro atoms. The third-order valence-electron chi connectivity index (χ3n) is 3.95. The van der Waals surface area contributed by atoms with E-state index in [1.807, 2.05) is 13.8 Å². The molecule has 0 saturated carbocycles. The van der Waals surface area contributed by atoms with E-state index in [1.54, 1.807) is 4.57 Å². The van der Waals surface area contributed by atoms with Crippen molar-refractivity contribution in [2.45, 2.75) is 33.0 Å². The first-order chi connectivity index (χ1) is 13.1. The number of hydrogen-bond acceptors (Lipinski definition) is 6. The molecule has 2 heterocycles. The predicted octanol–water partition coefficient (Wildman–Crippen LogP) is 4.11. The Kier molecular flexibility index (Phi) is 5.75. The van der Waals surface area contributed by atoms with E-state index < -0.39 is 12.8 Å². The van der Waals surface area contributed by atoms with E-state index in [9.17, 15) is 22.8 Å². The number of alkyl halides is 3. The van der Waals surface area contributed by atoms with Gasteiger partial charge in [0.25, 0.3) is 0 Å². The molecule has 0 radical (unpaired) electrons. The van der Waals surface area contributed by atoms with Gasteiger partial charge in [-0.1, -0.05) is 22.7 Å². The highest BCUT2D eigenvalue weighted by atomic mass is 32.1. The number of ether oxygens (including phenoxy) is 1. The van der Waals surface area contributed by atoms with Gasteiger partial charge in [0.1, 0.15) is 5.75 Å². The first kappa shape index (κ1) is 20.3. The van der Waals surface area contributed by atoms with E-state index >= 15 is 0 Å². The average molecular weight is 431 g/mol. The molecule has 3 aromatic rings. The Hall–Kier alpha value is -2.40. The molecule has 0 fully saturated rings. The van der Waals surface area contributed by atoms with Crippen molar-refractivity contribution in [3.63, 3.8) is 0 Å². The summed E-state index contributed by atoms with van der Waals surface area (Å²) in [4.78, 5) is 29.1. The highest BCUT2D eigenvalue weighted by Crippen LogP contribution is 2.30. The number of nitrogens with one attached hydrogen (secondary N) is 1. The SMILES string of the molecule is Cc1sc(=O)n(CCC(=O)Nc2nc3ccc(OCC(F)(F)F)cc3s2)c1C. The Morgan fingerprint density at radius 3 is 2.68 bits per heavy atom. The molecule has 1 N–H and O–H groups in total. The van der Waals surface area contributed by atoms with E-state index in [-0.39, 0.29) is 29.5 Å². The third-order valence-corrected chi connectivity index (χ3v) is 5.88. The van der Waals surface area contributed by atoms with Gasteiger partial charge in [0.2, 0.25) is 5.91 Å². The highest BCUT2D eigenvalue weighted by Gasteiger charge is 2.28. The maximum Gasteiger partial charge on any atom is 0.422 e. The zero-order chi connectivity index (χ0) is 20.5. The number of benzene rings is 1. The molecule has 0 bridgehead atoms. The van der Waals surface area contributed by atoms with Crippen LogP contribution in [0.1, 0.15) is 17.0 Å². The molecule has 6 nitrogen and oxygen atoms in total. The van der Waals surface area contributed by atoms with Crippen LogP contribution in [0.25, 0.3) is 10.2 Å². The van der Waals surface area contributed by atoms with Gasteiger partial charge in [-0.3, -0.25) is 9.59 Å². The van der Waals surface area contributed by atoms with Gasteiger partial charge in [0, 0.05) is 23.5 Å². The lowest BCUT2D eigenvalue weighted by Crippen LogP contribution is -2.20. The topological polar surface area (TPSA) is 73.2 Å². The van der Waals surface area contributed by atoms with Crippen molar-refractivity contribution in [2.24, 2.45) is 0 Å². The van der Waals surface area contributed by atoms with Crippen molar-refractivity contribution in [3.05, 3.63) is 38.4 Å². The number of rotatable bonds is 6. The van der Waals surface area contributed by atoms with Crippen molar-refractivity contribution >= 4 is 43.9 Å². The van der Waals surface area contributed by atoms with E-state index in [4.69, 9.17) is 4.74 Å². The third kappa shape index (κ3) is 4.90. The van der Waals surface area contributed by atoms with Gasteiger partial charge in [-0.05, 0) is 32.0 Å². The molecular formula is C17H16F3N3O3S2. The Bertz CT molecular complexity index is 1070. The summed E-state index contributed by atoms with van der Waals surface area (Å²) in [5, 5.41) is 2.99. The monoisotopic (exact) mass is 431 g/mol. The zero-order valence-corrected chi connectivity index (χ0v) is 16.6. The number of anilines is 1. The Morgan fingerprint density at radius 1 is 1.29 bits per heavy atom. The summed E-state index contributed by atoms with van der Waals surface area (Å²) in [5.74, 6) is -0.225. The van der Waals surface area contributed by atoms with E-state index in [1.165, 1.54) is 18.2 Å². The largest absolute Gasteiger partial charge is 0.484 e. The minimum Gasteiger partial charge on any atom is -0.484 e. The van der Waals surface area contributed by atoms with E-state index in [0.717, 1.165) is 33.2 Å². The number of fused-ring (bicyclic) bond motifs is 1. The number of hydrogen-bond donors (Lipinski definition) is 1. The second-order valence-corrected chi connectivity index (χ2v) is 8.21. The lowest BCUT2D eigenvalue weighted by atomic mass is 10.3. The van der Waals surface area contributed by atoms with Crippen molar-refractivity contribution in [2.75, 3.05) is 11.9 Å². The lowest BCUT2D eigenvalue weighted by molar-refractivity contribution is -0.153. The van der Waals surface area contributed by atoms with Gasteiger partial charge < -0.3 is 14.6 Å². The summed E-state index contributed by atoms with van der Waals surface area (Å²) >= 11 is 2.28. The van der Waals surface area contributed by atoms with Crippen molar-refractivity contribution in [3.8, 4) is 5.75 Å². The molecule has 0 atom stereocenters. The van der Waals surface area contributed by atoms with Gasteiger partial charge in [0.05, 0.1) is 10.2 Å². The van der Waals surface area contributed by atoms with Crippen LogP contribution in [0.3, 0.4) is 0 Å². The molecule has 0 aliphatic rings. The second-order valence-electron chi connectivity index (χ2n) is 6.01. The number of carbonyl (C=O) groups is 1. The lowest BCUT2D eigenvalue weighted by Gasteiger charge is -2.08. The normalized spacial score (nSPS) is 11.8. The van der Waals surface area contributed by atoms with Gasteiger partial charge in [-0.2, -0.15) is 13.2 Å². The highest BCUT2D eigenvalue weighted by molar-refractivity contribution is 7.22. The zero-order valence-electron chi connectivity index (χ0n) is 14.9. The molecule has 0 aliphatic carbocycles. The Labute approximate surface area is 165 Å². The van der Waals surface area contributed by atoms with Gasteiger partial charge in [-0.25, -0.2) is 4.98 Å². The van der Waals surface area contributed by atoms with E-state index in [0.29, 0.717) is 15.3 Å². The van der Waals surface area contributed by atoms with Crippen LogP contribution in [0, 0.1) is 13.8 Å². The summed E-state index contributed by atoms with van der Waals surface area (Å²) in [6.07, 6.45) is -4.31. The van der Waals surface area contributed by atoms with Gasteiger partial charge >= 0.3 is 11.0 Å². The maximum absolute atomic E-state index is 12.2. The number of aryl methyl sites for hydroxylation is 1. The minimum atomic E-state index is -4.41. The van der Waals surface area contributed by atoms with Crippen LogP contribution in [0.5, 0.6) is 5.75 Å². The summed E-state index contributed by atoms with van der Waals surface area (Å²) in [6, 6.07) is 4.38. The molecule has 150 valence electrons. The fourth-order valence-corrected chi connectivity index (χ4v) is 4.22. The number of nitrogens with zero attached hydrogens (tertiary/aromatic N) is 2. The van der Waals surface area contributed by atoms with Crippen molar-refractivity contribution in [1.82, 2.24) is 9.55 Å². The second kappa shape index (κ2) is 7.92. The van der Waals surface area contributed by atoms with E-state index in [2.05, 4.69) is 10.3 Å². The molecule has 28 heavy (non-hydrogen) atoms. The summed E-state index contributed by atoms with van der Waals surface area (Å²) in [7, 11) is 0. The summed E-state index contributed by atoms with van der Waals surface area (Å²) in [5.41, 5.74) is 1.38. The number of amides is 1. The Balaban J connectivity index is 1.63. The number of thiazole rings is 2. The fourth-order valence-electron chi connectivity index (χ4n) is 2.45. The standard InChI is InChI=1S/C17H16F3N3O3S2/c1-9-10(2)27-16(25)23(9)6-5-14(24)22-15-21-12-4-3-11(7-13(12)28-15)26-8-17(18,19)20/h3-4,7H,5-6,8H2,1-2H3,(H,21,22,24). The van der Waals surface area contributed by atoms with Crippen LogP contribution in [-0.2, 0) is 11.3 Å². The minimum absolute atomic E-state index is 0.0778. The predicted molar refractivity (Wildman–Crippen MR) is 102 cm³/mol. The van der Waals surface area contributed by atoms with Crippen molar-refractivity contribution in [1.29, 1.82) is 0 Å². The molecule has 0 saturated heterocycles.